The minimum atomic E-state index is -1.05. The highest BCUT2D eigenvalue weighted by Crippen LogP contribution is 2.52. The lowest BCUT2D eigenvalue weighted by Crippen LogP contribution is -2.34. The second-order valence-electron chi connectivity index (χ2n) is 9.64. The van der Waals surface area contributed by atoms with E-state index in [1.165, 1.54) is 0 Å². The second kappa shape index (κ2) is 8.18. The molecule has 0 aliphatic carbocycles. The van der Waals surface area contributed by atoms with E-state index in [9.17, 15) is 5.11 Å². The van der Waals surface area contributed by atoms with Crippen LogP contribution in [0.2, 0.25) is 0 Å². The topological polar surface area (TPSA) is 92.9 Å². The van der Waals surface area contributed by atoms with Gasteiger partial charge in [-0.25, -0.2) is 4.98 Å². The van der Waals surface area contributed by atoms with Crippen LogP contribution >= 0.6 is 0 Å². The fourth-order valence-electron chi connectivity index (χ4n) is 5.22. The minimum Gasteiger partial charge on any atom is -0.481 e. The van der Waals surface area contributed by atoms with Gasteiger partial charge in [0.15, 0.2) is 0 Å². The Morgan fingerprint density at radius 1 is 1.27 bits per heavy atom. The molecule has 0 amide bonds. The maximum Gasteiger partial charge on any atom is 0.220 e. The van der Waals surface area contributed by atoms with Crippen LogP contribution in [0.4, 0.5) is 5.69 Å². The molecule has 1 atom stereocenters. The van der Waals surface area contributed by atoms with E-state index in [0.717, 1.165) is 77.7 Å². The molecule has 3 aliphatic rings. The number of aliphatic hydroxyl groups is 1. The van der Waals surface area contributed by atoms with Gasteiger partial charge in [0.2, 0.25) is 5.88 Å². The van der Waals surface area contributed by atoms with Gasteiger partial charge in [-0.1, -0.05) is 5.16 Å². The molecule has 8 nitrogen and oxygen atoms in total. The molecule has 5 rings (SSSR count). The van der Waals surface area contributed by atoms with Gasteiger partial charge in [-0.15, -0.1) is 0 Å². The molecule has 176 valence electrons. The van der Waals surface area contributed by atoms with Gasteiger partial charge in [0.25, 0.3) is 0 Å². The number of aryl methyl sites for hydroxylation is 2. The second-order valence-corrected chi connectivity index (χ2v) is 9.64. The number of dihydropyridines is 1. The number of pyridine rings is 1. The summed E-state index contributed by atoms with van der Waals surface area (Å²) >= 11 is 0. The lowest BCUT2D eigenvalue weighted by atomic mass is 9.94. The molecule has 1 fully saturated rings. The number of fused-ring (bicyclic) bond motifs is 3. The van der Waals surface area contributed by atoms with Crippen molar-refractivity contribution in [3.8, 4) is 5.88 Å². The normalized spacial score (nSPS) is 20.7. The molecule has 2 aromatic heterocycles. The van der Waals surface area contributed by atoms with E-state index >= 15 is 0 Å². The monoisotopic (exact) mass is 452 g/mol. The molecule has 0 spiro atoms. The van der Waals surface area contributed by atoms with Gasteiger partial charge in [0.1, 0.15) is 5.76 Å². The Morgan fingerprint density at radius 3 is 2.67 bits per heavy atom. The quantitative estimate of drug-likeness (QED) is 0.709. The van der Waals surface area contributed by atoms with E-state index in [2.05, 4.69) is 26.4 Å². The van der Waals surface area contributed by atoms with Crippen molar-refractivity contribution in [2.45, 2.75) is 52.2 Å². The van der Waals surface area contributed by atoms with Crippen LogP contribution in [0.15, 0.2) is 28.7 Å². The van der Waals surface area contributed by atoms with Crippen molar-refractivity contribution in [2.24, 2.45) is 5.92 Å². The molecule has 0 radical (unpaired) electrons. The van der Waals surface area contributed by atoms with Crippen LogP contribution in [0.1, 0.15) is 60.9 Å². The smallest absolute Gasteiger partial charge is 0.220 e. The van der Waals surface area contributed by atoms with Gasteiger partial charge >= 0.3 is 0 Å². The first kappa shape index (κ1) is 22.0. The average Bonchev–Trinajstić information content (AvgIpc) is 3.29. The third-order valence-electron chi connectivity index (χ3n) is 6.88. The van der Waals surface area contributed by atoms with Crippen molar-refractivity contribution in [1.82, 2.24) is 15.5 Å². The zero-order valence-electron chi connectivity index (χ0n) is 19.9. The first-order valence-corrected chi connectivity index (χ1v) is 11.6. The van der Waals surface area contributed by atoms with E-state index in [0.29, 0.717) is 11.8 Å². The number of hydrogen-bond donors (Lipinski definition) is 2. The van der Waals surface area contributed by atoms with E-state index < -0.39 is 5.60 Å². The molecule has 33 heavy (non-hydrogen) atoms. The number of nitrogens with zero attached hydrogens (tertiary/aromatic N) is 3. The van der Waals surface area contributed by atoms with Gasteiger partial charge in [-0.05, 0) is 52.5 Å². The highest BCUT2D eigenvalue weighted by atomic mass is 16.5. The number of aromatic nitrogens is 2. The predicted molar refractivity (Wildman–Crippen MR) is 125 cm³/mol. The first-order valence-electron chi connectivity index (χ1n) is 11.6. The van der Waals surface area contributed by atoms with Crippen LogP contribution in [0.3, 0.4) is 0 Å². The Bertz CT molecular complexity index is 1100. The fourth-order valence-corrected chi connectivity index (χ4v) is 5.22. The van der Waals surface area contributed by atoms with Gasteiger partial charge in [-0.3, -0.25) is 0 Å². The summed E-state index contributed by atoms with van der Waals surface area (Å²) in [5, 5.41) is 18.8. The largest absolute Gasteiger partial charge is 0.481 e. The zero-order chi connectivity index (χ0) is 23.3. The summed E-state index contributed by atoms with van der Waals surface area (Å²) in [4.78, 5) is 6.92. The molecule has 0 aromatic carbocycles. The molecular weight excluding hydrogens is 420 g/mol. The van der Waals surface area contributed by atoms with Crippen molar-refractivity contribution in [2.75, 3.05) is 31.8 Å². The Labute approximate surface area is 194 Å². The van der Waals surface area contributed by atoms with Crippen LogP contribution in [-0.4, -0.2) is 42.1 Å². The Hall–Kier alpha value is -2.84. The maximum atomic E-state index is 11.0. The van der Waals surface area contributed by atoms with E-state index in [-0.39, 0.29) is 6.04 Å². The SMILES string of the molecule is COc1ncc(C(C)(C)O)c2c1C1NC=C(c3c(C)noc3C)C=C1N2CC1CCOCC1. The van der Waals surface area contributed by atoms with Crippen LogP contribution in [0.25, 0.3) is 5.57 Å². The number of rotatable bonds is 5. The van der Waals surface area contributed by atoms with Gasteiger partial charge < -0.3 is 29.3 Å². The van der Waals surface area contributed by atoms with Crippen molar-refractivity contribution < 1.29 is 19.1 Å². The molecule has 2 N–H and O–H groups in total. The number of allylic oxidation sites excluding steroid dienone is 2. The first-order chi connectivity index (χ1) is 15.8. The third-order valence-corrected chi connectivity index (χ3v) is 6.88. The molecule has 1 unspecified atom stereocenters. The zero-order valence-corrected chi connectivity index (χ0v) is 19.9. The van der Waals surface area contributed by atoms with E-state index in [1.807, 2.05) is 20.0 Å². The van der Waals surface area contributed by atoms with Gasteiger partial charge in [0.05, 0.1) is 35.7 Å². The summed E-state index contributed by atoms with van der Waals surface area (Å²) in [6.45, 7) is 9.92. The minimum absolute atomic E-state index is 0.117. The molecule has 0 bridgehead atoms. The molecule has 2 aromatic rings. The number of hydrogen-bond acceptors (Lipinski definition) is 8. The maximum absolute atomic E-state index is 11.0. The highest BCUT2D eigenvalue weighted by molar-refractivity contribution is 5.83. The number of ether oxygens (including phenoxy) is 2. The summed E-state index contributed by atoms with van der Waals surface area (Å²) in [6.07, 6.45) is 8.00. The number of methoxy groups -OCH3 is 1. The molecule has 0 saturated carbocycles. The van der Waals surface area contributed by atoms with Crippen LogP contribution < -0.4 is 15.0 Å². The van der Waals surface area contributed by atoms with Crippen molar-refractivity contribution in [3.05, 3.63) is 52.3 Å². The standard InChI is InChI=1S/C25H32N4O4/c1-14-20(15(2)33-28-14)17-10-19-22(26-11-17)21-23(29(19)13-16-6-8-32-9-7-16)18(25(3,4)30)12-27-24(21)31-5/h10-12,16,22,26,30H,6-9,13H2,1-5H3. The van der Waals surface area contributed by atoms with Gasteiger partial charge in [-0.2, -0.15) is 0 Å². The Kier molecular flexibility index (Phi) is 5.45. The van der Waals surface area contributed by atoms with Crippen LogP contribution in [-0.2, 0) is 10.3 Å². The number of nitrogens with one attached hydrogen (secondary N) is 1. The van der Waals surface area contributed by atoms with Crippen molar-refractivity contribution in [1.29, 1.82) is 0 Å². The van der Waals surface area contributed by atoms with Crippen molar-refractivity contribution in [3.63, 3.8) is 0 Å². The molecule has 5 heterocycles. The summed E-state index contributed by atoms with van der Waals surface area (Å²) in [7, 11) is 1.64. The summed E-state index contributed by atoms with van der Waals surface area (Å²) in [5.41, 5.74) is 5.69. The summed E-state index contributed by atoms with van der Waals surface area (Å²) in [6, 6.07) is -0.117. The Morgan fingerprint density at radius 2 is 2.03 bits per heavy atom. The fraction of sp³-hybridized carbons (Fsp3) is 0.520. The summed E-state index contributed by atoms with van der Waals surface area (Å²) < 4.78 is 16.7. The molecule has 3 aliphatic heterocycles. The Balaban J connectivity index is 1.66. The van der Waals surface area contributed by atoms with E-state index in [1.54, 1.807) is 27.2 Å². The van der Waals surface area contributed by atoms with Crippen molar-refractivity contribution >= 4 is 11.3 Å². The third kappa shape index (κ3) is 3.71. The van der Waals surface area contributed by atoms with E-state index in [4.69, 9.17) is 14.0 Å². The van der Waals surface area contributed by atoms with Crippen LogP contribution in [0.5, 0.6) is 5.88 Å². The summed E-state index contributed by atoms with van der Waals surface area (Å²) in [5.74, 6) is 1.86. The number of anilines is 1. The molecule has 1 saturated heterocycles. The highest BCUT2D eigenvalue weighted by Gasteiger charge is 2.43. The predicted octanol–water partition coefficient (Wildman–Crippen LogP) is 3.74. The average molecular weight is 453 g/mol. The van der Waals surface area contributed by atoms with Crippen LogP contribution in [0, 0.1) is 19.8 Å². The van der Waals surface area contributed by atoms with Gasteiger partial charge in [0, 0.05) is 54.6 Å². The molecule has 8 heteroatoms. The lowest BCUT2D eigenvalue weighted by Gasteiger charge is -2.33. The molecular formula is C25H32N4O4. The lowest BCUT2D eigenvalue weighted by molar-refractivity contribution is 0.0680.